The van der Waals surface area contributed by atoms with Crippen molar-refractivity contribution in [3.05, 3.63) is 47.3 Å². The van der Waals surface area contributed by atoms with E-state index in [4.69, 9.17) is 4.74 Å². The highest BCUT2D eigenvalue weighted by Crippen LogP contribution is 2.25. The van der Waals surface area contributed by atoms with Gasteiger partial charge in [0.25, 0.3) is 0 Å². The minimum atomic E-state index is 0.825. The predicted octanol–water partition coefficient (Wildman–Crippen LogP) is 1.69. The second-order valence-corrected chi connectivity index (χ2v) is 4.95. The molecule has 0 saturated carbocycles. The maximum Gasteiger partial charge on any atom is 0.122 e. The lowest BCUT2D eigenvalue weighted by Crippen LogP contribution is -2.17. The molecular formula is C15H19N3O. The topological polar surface area (TPSA) is 39.1 Å². The van der Waals surface area contributed by atoms with Crippen LogP contribution in [-0.2, 0) is 26.4 Å². The number of hydrogen-bond donors (Lipinski definition) is 1. The molecule has 1 aromatic carbocycles. The van der Waals surface area contributed by atoms with Gasteiger partial charge in [-0.3, -0.25) is 4.68 Å². The van der Waals surface area contributed by atoms with Gasteiger partial charge in [-0.2, -0.15) is 5.10 Å². The molecule has 0 atom stereocenters. The summed E-state index contributed by atoms with van der Waals surface area (Å²) in [6.45, 7) is 2.68. The van der Waals surface area contributed by atoms with Crippen molar-refractivity contribution >= 4 is 0 Å². The molecule has 19 heavy (non-hydrogen) atoms. The number of rotatable bonds is 5. The maximum atomic E-state index is 5.51. The average Bonchev–Trinajstić information content (AvgIpc) is 3.03. The SMILES string of the molecule is Cn1ccc(CCNCc2ccc3c(c2)CCO3)n1. The van der Waals surface area contributed by atoms with Crippen molar-refractivity contribution in [2.24, 2.45) is 7.05 Å². The fourth-order valence-corrected chi connectivity index (χ4v) is 2.40. The van der Waals surface area contributed by atoms with Crippen LogP contribution in [0.15, 0.2) is 30.5 Å². The third kappa shape index (κ3) is 2.96. The summed E-state index contributed by atoms with van der Waals surface area (Å²) in [5, 5.41) is 7.82. The van der Waals surface area contributed by atoms with Crippen LogP contribution in [-0.4, -0.2) is 22.9 Å². The first-order chi connectivity index (χ1) is 9.31. The van der Waals surface area contributed by atoms with Crippen LogP contribution in [0.3, 0.4) is 0 Å². The quantitative estimate of drug-likeness (QED) is 0.828. The van der Waals surface area contributed by atoms with Crippen LogP contribution in [0, 0.1) is 0 Å². The predicted molar refractivity (Wildman–Crippen MR) is 74.3 cm³/mol. The lowest BCUT2D eigenvalue weighted by Gasteiger charge is -2.06. The zero-order valence-electron chi connectivity index (χ0n) is 11.2. The monoisotopic (exact) mass is 257 g/mol. The Morgan fingerprint density at radius 3 is 3.16 bits per heavy atom. The van der Waals surface area contributed by atoms with Crippen molar-refractivity contribution < 1.29 is 4.74 Å². The molecule has 4 heteroatoms. The van der Waals surface area contributed by atoms with E-state index in [1.807, 2.05) is 17.9 Å². The van der Waals surface area contributed by atoms with Crippen molar-refractivity contribution in [1.29, 1.82) is 0 Å². The van der Waals surface area contributed by atoms with Gasteiger partial charge in [-0.05, 0) is 23.3 Å². The van der Waals surface area contributed by atoms with Gasteiger partial charge in [0.05, 0.1) is 12.3 Å². The average molecular weight is 257 g/mol. The molecule has 0 fully saturated rings. The zero-order chi connectivity index (χ0) is 13.1. The summed E-state index contributed by atoms with van der Waals surface area (Å²) in [6, 6.07) is 8.53. The molecule has 1 aliphatic heterocycles. The van der Waals surface area contributed by atoms with E-state index < -0.39 is 0 Å². The Labute approximate surface area is 113 Å². The number of aryl methyl sites for hydroxylation is 1. The standard InChI is InChI=1S/C15H19N3O/c1-18-8-5-14(17-18)4-7-16-11-12-2-3-15-13(10-12)6-9-19-15/h2-3,5,8,10,16H,4,6-7,9,11H2,1H3. The first-order valence-corrected chi connectivity index (χ1v) is 6.75. The van der Waals surface area contributed by atoms with E-state index in [0.717, 1.165) is 44.0 Å². The van der Waals surface area contributed by atoms with Gasteiger partial charge < -0.3 is 10.1 Å². The van der Waals surface area contributed by atoms with Crippen LogP contribution in [0.1, 0.15) is 16.8 Å². The maximum absolute atomic E-state index is 5.51. The van der Waals surface area contributed by atoms with Crippen LogP contribution in [0.2, 0.25) is 0 Å². The Kier molecular flexibility index (Phi) is 3.51. The minimum absolute atomic E-state index is 0.825. The largest absolute Gasteiger partial charge is 0.493 e. The van der Waals surface area contributed by atoms with Gasteiger partial charge >= 0.3 is 0 Å². The molecule has 0 saturated heterocycles. The molecule has 2 heterocycles. The van der Waals surface area contributed by atoms with E-state index in [0.29, 0.717) is 0 Å². The zero-order valence-corrected chi connectivity index (χ0v) is 11.2. The third-order valence-electron chi connectivity index (χ3n) is 3.41. The summed E-state index contributed by atoms with van der Waals surface area (Å²) in [6.07, 6.45) is 3.99. The summed E-state index contributed by atoms with van der Waals surface area (Å²) in [5.41, 5.74) is 3.80. The van der Waals surface area contributed by atoms with Crippen molar-refractivity contribution in [1.82, 2.24) is 15.1 Å². The number of aromatic nitrogens is 2. The lowest BCUT2D eigenvalue weighted by atomic mass is 10.1. The number of nitrogens with zero attached hydrogens (tertiary/aromatic N) is 2. The highest BCUT2D eigenvalue weighted by molar-refractivity contribution is 5.39. The first-order valence-electron chi connectivity index (χ1n) is 6.75. The molecule has 4 nitrogen and oxygen atoms in total. The molecule has 0 amide bonds. The molecule has 0 bridgehead atoms. The van der Waals surface area contributed by atoms with Crippen LogP contribution in [0.4, 0.5) is 0 Å². The molecule has 0 radical (unpaired) electrons. The van der Waals surface area contributed by atoms with E-state index in [-0.39, 0.29) is 0 Å². The molecule has 0 spiro atoms. The van der Waals surface area contributed by atoms with Crippen molar-refractivity contribution in [3.8, 4) is 5.75 Å². The van der Waals surface area contributed by atoms with Gasteiger partial charge in [-0.25, -0.2) is 0 Å². The molecule has 0 aliphatic carbocycles. The van der Waals surface area contributed by atoms with Gasteiger partial charge in [0.2, 0.25) is 0 Å². The normalized spacial score (nSPS) is 13.3. The van der Waals surface area contributed by atoms with Gasteiger partial charge in [0.1, 0.15) is 5.75 Å². The second-order valence-electron chi connectivity index (χ2n) is 4.95. The van der Waals surface area contributed by atoms with Crippen molar-refractivity contribution in [3.63, 3.8) is 0 Å². The van der Waals surface area contributed by atoms with Crippen LogP contribution >= 0.6 is 0 Å². The Hall–Kier alpha value is -1.81. The molecule has 100 valence electrons. The van der Waals surface area contributed by atoms with Gasteiger partial charge in [-0.1, -0.05) is 12.1 Å². The molecule has 3 rings (SSSR count). The van der Waals surface area contributed by atoms with E-state index in [9.17, 15) is 0 Å². The second kappa shape index (κ2) is 5.45. The minimum Gasteiger partial charge on any atom is -0.493 e. The van der Waals surface area contributed by atoms with Gasteiger partial charge in [0.15, 0.2) is 0 Å². The van der Waals surface area contributed by atoms with Crippen molar-refractivity contribution in [2.75, 3.05) is 13.2 Å². The van der Waals surface area contributed by atoms with E-state index in [2.05, 4.69) is 34.7 Å². The number of ether oxygens (including phenoxy) is 1. The van der Waals surface area contributed by atoms with Gasteiger partial charge in [0, 0.05) is 39.2 Å². The lowest BCUT2D eigenvalue weighted by molar-refractivity contribution is 0.357. The molecule has 1 aromatic heterocycles. The van der Waals surface area contributed by atoms with Crippen LogP contribution in [0.25, 0.3) is 0 Å². The molecule has 1 N–H and O–H groups in total. The van der Waals surface area contributed by atoms with E-state index >= 15 is 0 Å². The number of nitrogens with one attached hydrogen (secondary N) is 1. The summed E-state index contributed by atoms with van der Waals surface area (Å²) in [4.78, 5) is 0. The fourth-order valence-electron chi connectivity index (χ4n) is 2.40. The molecule has 2 aromatic rings. The summed E-state index contributed by atoms with van der Waals surface area (Å²) < 4.78 is 7.35. The van der Waals surface area contributed by atoms with Gasteiger partial charge in [-0.15, -0.1) is 0 Å². The van der Waals surface area contributed by atoms with E-state index in [1.165, 1.54) is 11.1 Å². The molecule has 1 aliphatic rings. The first kappa shape index (κ1) is 12.2. The Morgan fingerprint density at radius 2 is 2.32 bits per heavy atom. The molecular weight excluding hydrogens is 238 g/mol. The van der Waals surface area contributed by atoms with E-state index in [1.54, 1.807) is 0 Å². The Bertz CT molecular complexity index is 562. The highest BCUT2D eigenvalue weighted by Gasteiger charge is 2.11. The summed E-state index contributed by atoms with van der Waals surface area (Å²) in [7, 11) is 1.95. The highest BCUT2D eigenvalue weighted by atomic mass is 16.5. The number of hydrogen-bond acceptors (Lipinski definition) is 3. The summed E-state index contributed by atoms with van der Waals surface area (Å²) in [5.74, 6) is 1.05. The van der Waals surface area contributed by atoms with Crippen molar-refractivity contribution in [2.45, 2.75) is 19.4 Å². The third-order valence-corrected chi connectivity index (χ3v) is 3.41. The Balaban J connectivity index is 1.47. The summed E-state index contributed by atoms with van der Waals surface area (Å²) >= 11 is 0. The smallest absolute Gasteiger partial charge is 0.122 e. The number of benzene rings is 1. The fraction of sp³-hybridized carbons (Fsp3) is 0.400. The number of fused-ring (bicyclic) bond motifs is 1. The Morgan fingerprint density at radius 1 is 1.37 bits per heavy atom. The van der Waals surface area contributed by atoms with Crippen LogP contribution in [0.5, 0.6) is 5.75 Å². The molecule has 0 unspecified atom stereocenters. The van der Waals surface area contributed by atoms with Crippen LogP contribution < -0.4 is 10.1 Å².